The number of hydrogen-bond donors (Lipinski definition) is 1. The Balaban J connectivity index is 1.70. The van der Waals surface area contributed by atoms with Gasteiger partial charge in [0, 0.05) is 12.2 Å². The Labute approximate surface area is 119 Å². The molecule has 0 radical (unpaired) electrons. The number of para-hydroxylation sites is 2. The molecule has 1 aromatic heterocycles. The van der Waals surface area contributed by atoms with E-state index in [4.69, 9.17) is 4.74 Å². The number of hydrogen-bond acceptors (Lipinski definition) is 3. The maximum Gasteiger partial charge on any atom is 0.142 e. The Morgan fingerprint density at radius 1 is 1.35 bits per heavy atom. The summed E-state index contributed by atoms with van der Waals surface area (Å²) in [6.07, 6.45) is 6.60. The second-order valence-corrected chi connectivity index (χ2v) is 5.54. The van der Waals surface area contributed by atoms with E-state index < -0.39 is 0 Å². The quantitative estimate of drug-likeness (QED) is 0.872. The van der Waals surface area contributed by atoms with Gasteiger partial charge in [-0.25, -0.2) is 4.98 Å². The number of nitrogens with zero attached hydrogens (tertiary/aromatic N) is 2. The molecule has 1 N–H and O–H groups in total. The minimum atomic E-state index is 0.176. The minimum Gasteiger partial charge on any atom is -0.489 e. The van der Waals surface area contributed by atoms with Gasteiger partial charge in [-0.15, -0.1) is 0 Å². The Hall–Kier alpha value is -1.97. The van der Waals surface area contributed by atoms with Crippen molar-refractivity contribution in [2.45, 2.75) is 45.4 Å². The summed E-state index contributed by atoms with van der Waals surface area (Å²) in [5.41, 5.74) is 2.26. The molecular weight excluding hydrogens is 250 g/mol. The van der Waals surface area contributed by atoms with Crippen LogP contribution in [0.5, 0.6) is 5.75 Å². The van der Waals surface area contributed by atoms with E-state index in [0.29, 0.717) is 6.04 Å². The number of aromatic nitrogens is 2. The molecule has 0 spiro atoms. The van der Waals surface area contributed by atoms with E-state index in [-0.39, 0.29) is 6.10 Å². The van der Waals surface area contributed by atoms with Crippen molar-refractivity contribution in [2.24, 2.45) is 0 Å². The average molecular weight is 271 g/mol. The van der Waals surface area contributed by atoms with Crippen molar-refractivity contribution in [3.05, 3.63) is 42.5 Å². The maximum atomic E-state index is 5.82. The number of benzene rings is 1. The Kier molecular flexibility index (Phi) is 3.63. The van der Waals surface area contributed by atoms with Crippen LogP contribution in [0.15, 0.2) is 36.8 Å². The van der Waals surface area contributed by atoms with Crippen LogP contribution in [0.25, 0.3) is 0 Å². The first kappa shape index (κ1) is 13.0. The zero-order valence-electron chi connectivity index (χ0n) is 12.0. The molecule has 2 aromatic rings. The van der Waals surface area contributed by atoms with Gasteiger partial charge < -0.3 is 14.6 Å². The first-order valence-corrected chi connectivity index (χ1v) is 7.24. The van der Waals surface area contributed by atoms with Crippen LogP contribution >= 0.6 is 0 Å². The van der Waals surface area contributed by atoms with E-state index in [1.54, 1.807) is 0 Å². The summed E-state index contributed by atoms with van der Waals surface area (Å²) in [6.45, 7) is 4.85. The summed E-state index contributed by atoms with van der Waals surface area (Å²) in [5, 5.41) is 3.46. The molecule has 20 heavy (non-hydrogen) atoms. The molecule has 1 heterocycles. The van der Waals surface area contributed by atoms with Crippen molar-refractivity contribution >= 4 is 5.69 Å². The highest BCUT2D eigenvalue weighted by Gasteiger charge is 2.25. The van der Waals surface area contributed by atoms with Gasteiger partial charge in [-0.2, -0.15) is 0 Å². The van der Waals surface area contributed by atoms with Crippen molar-refractivity contribution < 1.29 is 4.74 Å². The molecule has 0 saturated heterocycles. The lowest BCUT2D eigenvalue weighted by Crippen LogP contribution is -2.10. The van der Waals surface area contributed by atoms with Gasteiger partial charge in [-0.3, -0.25) is 0 Å². The molecule has 1 aliphatic carbocycles. The number of rotatable bonds is 6. The normalized spacial score (nSPS) is 14.6. The highest BCUT2D eigenvalue weighted by Crippen LogP contribution is 2.36. The summed E-state index contributed by atoms with van der Waals surface area (Å²) < 4.78 is 8.10. The summed E-state index contributed by atoms with van der Waals surface area (Å²) in [6, 6.07) is 8.73. The monoisotopic (exact) mass is 271 g/mol. The maximum absolute atomic E-state index is 5.82. The number of imidazole rings is 1. The van der Waals surface area contributed by atoms with Gasteiger partial charge in [-0.1, -0.05) is 12.1 Å². The highest BCUT2D eigenvalue weighted by molar-refractivity contribution is 5.56. The molecule has 4 nitrogen and oxygen atoms in total. The van der Waals surface area contributed by atoms with Crippen LogP contribution < -0.4 is 10.1 Å². The second-order valence-electron chi connectivity index (χ2n) is 5.54. The van der Waals surface area contributed by atoms with Crippen LogP contribution in [0, 0.1) is 0 Å². The lowest BCUT2D eigenvalue weighted by molar-refractivity contribution is 0.243. The first-order chi connectivity index (χ1) is 9.74. The zero-order valence-corrected chi connectivity index (χ0v) is 12.0. The fraction of sp³-hybridized carbons (Fsp3) is 0.438. The smallest absolute Gasteiger partial charge is 0.142 e. The Morgan fingerprint density at radius 2 is 2.15 bits per heavy atom. The van der Waals surface area contributed by atoms with E-state index in [1.165, 1.54) is 18.5 Å². The third-order valence-electron chi connectivity index (χ3n) is 3.40. The third kappa shape index (κ3) is 2.95. The summed E-state index contributed by atoms with van der Waals surface area (Å²) >= 11 is 0. The van der Waals surface area contributed by atoms with Gasteiger partial charge in [0.25, 0.3) is 0 Å². The van der Waals surface area contributed by atoms with Gasteiger partial charge in [0.2, 0.25) is 0 Å². The molecule has 0 unspecified atom stereocenters. The molecule has 0 amide bonds. The Bertz CT molecular complexity index is 573. The molecule has 1 aliphatic rings. The lowest BCUT2D eigenvalue weighted by atomic mass is 10.2. The molecule has 1 saturated carbocycles. The van der Waals surface area contributed by atoms with Crippen molar-refractivity contribution in [2.75, 3.05) is 5.32 Å². The van der Waals surface area contributed by atoms with E-state index in [1.807, 2.05) is 44.6 Å². The van der Waals surface area contributed by atoms with Crippen molar-refractivity contribution in [1.29, 1.82) is 0 Å². The highest BCUT2D eigenvalue weighted by atomic mass is 16.5. The summed E-state index contributed by atoms with van der Waals surface area (Å²) in [4.78, 5) is 4.26. The van der Waals surface area contributed by atoms with Crippen LogP contribution in [0.3, 0.4) is 0 Å². The van der Waals surface area contributed by atoms with Crippen LogP contribution in [0.1, 0.15) is 38.4 Å². The van der Waals surface area contributed by atoms with Crippen LogP contribution in [-0.2, 0) is 6.54 Å². The SMILES string of the molecule is CC(C)Oc1ccccc1NCc1cncn1C1CC1. The number of ether oxygens (including phenoxy) is 1. The first-order valence-electron chi connectivity index (χ1n) is 7.24. The van der Waals surface area contributed by atoms with E-state index in [9.17, 15) is 0 Å². The number of anilines is 1. The van der Waals surface area contributed by atoms with Crippen molar-refractivity contribution in [3.63, 3.8) is 0 Å². The molecule has 0 bridgehead atoms. The fourth-order valence-corrected chi connectivity index (χ4v) is 2.31. The van der Waals surface area contributed by atoms with Crippen molar-refractivity contribution in [3.8, 4) is 5.75 Å². The average Bonchev–Trinajstić information content (AvgIpc) is 3.16. The third-order valence-corrected chi connectivity index (χ3v) is 3.40. The van der Waals surface area contributed by atoms with Gasteiger partial charge in [0.15, 0.2) is 0 Å². The Morgan fingerprint density at radius 3 is 2.90 bits per heavy atom. The molecular formula is C16H21N3O. The number of nitrogens with one attached hydrogen (secondary N) is 1. The van der Waals surface area contributed by atoms with E-state index in [2.05, 4.69) is 20.9 Å². The minimum absolute atomic E-state index is 0.176. The second kappa shape index (κ2) is 5.57. The van der Waals surface area contributed by atoms with Gasteiger partial charge >= 0.3 is 0 Å². The standard InChI is InChI=1S/C16H21N3O/c1-12(2)20-16-6-4-3-5-15(16)18-10-14-9-17-11-19(14)13-7-8-13/h3-6,9,11-13,18H,7-8,10H2,1-2H3. The predicted octanol–water partition coefficient (Wildman–Crippen LogP) is 3.62. The van der Waals surface area contributed by atoms with Crippen LogP contribution in [0.4, 0.5) is 5.69 Å². The van der Waals surface area contributed by atoms with Crippen LogP contribution in [-0.4, -0.2) is 15.7 Å². The van der Waals surface area contributed by atoms with E-state index >= 15 is 0 Å². The fourth-order valence-electron chi connectivity index (χ4n) is 2.31. The molecule has 0 atom stereocenters. The van der Waals surface area contributed by atoms with Crippen molar-refractivity contribution in [1.82, 2.24) is 9.55 Å². The zero-order chi connectivity index (χ0) is 13.9. The topological polar surface area (TPSA) is 39.1 Å². The predicted molar refractivity (Wildman–Crippen MR) is 80.0 cm³/mol. The van der Waals surface area contributed by atoms with Crippen LogP contribution in [0.2, 0.25) is 0 Å². The molecule has 3 rings (SSSR count). The van der Waals surface area contributed by atoms with E-state index in [0.717, 1.165) is 18.0 Å². The van der Waals surface area contributed by atoms with Gasteiger partial charge in [0.1, 0.15) is 5.75 Å². The summed E-state index contributed by atoms with van der Waals surface area (Å²) in [5.74, 6) is 0.903. The largest absolute Gasteiger partial charge is 0.489 e. The molecule has 1 fully saturated rings. The molecule has 4 heteroatoms. The molecule has 0 aliphatic heterocycles. The molecule has 106 valence electrons. The van der Waals surface area contributed by atoms with Gasteiger partial charge in [-0.05, 0) is 38.8 Å². The summed E-state index contributed by atoms with van der Waals surface area (Å²) in [7, 11) is 0. The molecule has 1 aromatic carbocycles. The van der Waals surface area contributed by atoms with Gasteiger partial charge in [0.05, 0.1) is 30.4 Å². The lowest BCUT2D eigenvalue weighted by Gasteiger charge is -2.16.